The normalized spacial score (nSPS) is 15.4. The summed E-state index contributed by atoms with van der Waals surface area (Å²) in [7, 11) is 0. The van der Waals surface area contributed by atoms with Gasteiger partial charge in [-0.15, -0.1) is 0 Å². The highest BCUT2D eigenvalue weighted by Gasteiger charge is 2.34. The van der Waals surface area contributed by atoms with Crippen molar-refractivity contribution in [2.45, 2.75) is 132 Å². The van der Waals surface area contributed by atoms with E-state index in [4.69, 9.17) is 9.47 Å². The summed E-state index contributed by atoms with van der Waals surface area (Å²) in [5, 5.41) is 22.0. The summed E-state index contributed by atoms with van der Waals surface area (Å²) in [4.78, 5) is 54.9. The summed E-state index contributed by atoms with van der Waals surface area (Å²) in [6, 6.07) is 24.5. The maximum Gasteiger partial charge on any atom is 0.339 e. The van der Waals surface area contributed by atoms with Crippen molar-refractivity contribution >= 4 is 23.5 Å². The Morgan fingerprint density at radius 1 is 0.500 bits per heavy atom. The highest BCUT2D eigenvalue weighted by Crippen LogP contribution is 2.35. The Morgan fingerprint density at radius 2 is 0.804 bits per heavy atom. The van der Waals surface area contributed by atoms with E-state index in [1.54, 1.807) is 26.0 Å². The molecule has 6 atom stereocenters. The Kier molecular flexibility index (Phi) is 17.2. The van der Waals surface area contributed by atoms with Gasteiger partial charge in [-0.2, -0.15) is 0 Å². The zero-order chi connectivity index (χ0) is 41.8. The third-order valence-electron chi connectivity index (χ3n) is 10.4. The standard InChI is InChI=1S/C48H66O8/c1-31(2)27-47(7,8)29-39(49)43(51)33(5)25-41(35-19-13-11-14-20-35)55-45(53)37-23-17-18-24-38(37)46(54)56-42(36-21-15-12-16-22-36)26-34(6)44(52)40(50)30-48(9,10)28-32(3)4/h11-24,31-34,39-42,49-50H,25-30H2,1-10H3. The van der Waals surface area contributed by atoms with Crippen molar-refractivity contribution in [2.75, 3.05) is 0 Å². The van der Waals surface area contributed by atoms with Crippen LogP contribution in [-0.2, 0) is 19.1 Å². The van der Waals surface area contributed by atoms with Gasteiger partial charge >= 0.3 is 11.9 Å². The van der Waals surface area contributed by atoms with Gasteiger partial charge < -0.3 is 19.7 Å². The van der Waals surface area contributed by atoms with Gasteiger partial charge in [0.1, 0.15) is 24.4 Å². The number of hydrogen-bond acceptors (Lipinski definition) is 8. The summed E-state index contributed by atoms with van der Waals surface area (Å²) in [5.74, 6) is -2.58. The van der Waals surface area contributed by atoms with E-state index in [9.17, 15) is 29.4 Å². The quantitative estimate of drug-likeness (QED) is 0.0967. The van der Waals surface area contributed by atoms with Crippen LogP contribution in [0.25, 0.3) is 0 Å². The van der Waals surface area contributed by atoms with Gasteiger partial charge in [0.05, 0.1) is 11.1 Å². The number of carbonyl (C=O) groups is 4. The Hall–Kier alpha value is -4.14. The largest absolute Gasteiger partial charge is 0.454 e. The van der Waals surface area contributed by atoms with Crippen LogP contribution in [0.1, 0.15) is 152 Å². The fourth-order valence-electron chi connectivity index (χ4n) is 8.22. The lowest BCUT2D eigenvalue weighted by Gasteiger charge is -2.30. The van der Waals surface area contributed by atoms with E-state index in [-0.39, 0.29) is 46.4 Å². The molecule has 3 rings (SSSR count). The molecule has 2 N–H and O–H groups in total. The third kappa shape index (κ3) is 14.4. The number of ketones is 2. The molecule has 0 heterocycles. The van der Waals surface area contributed by atoms with Crippen molar-refractivity contribution < 1.29 is 38.9 Å². The highest BCUT2D eigenvalue weighted by molar-refractivity contribution is 6.03. The third-order valence-corrected chi connectivity index (χ3v) is 10.4. The molecule has 0 aliphatic heterocycles. The van der Waals surface area contributed by atoms with E-state index < -0.39 is 48.2 Å². The summed E-state index contributed by atoms with van der Waals surface area (Å²) in [6.45, 7) is 20.1. The average Bonchev–Trinajstić information content (AvgIpc) is 3.12. The Morgan fingerprint density at radius 3 is 1.11 bits per heavy atom. The minimum Gasteiger partial charge on any atom is -0.454 e. The number of aliphatic hydroxyl groups is 2. The molecule has 0 aliphatic rings. The van der Waals surface area contributed by atoms with Crippen molar-refractivity contribution in [3.8, 4) is 0 Å². The molecular formula is C48H66O8. The smallest absolute Gasteiger partial charge is 0.339 e. The number of aliphatic hydroxyl groups excluding tert-OH is 2. The van der Waals surface area contributed by atoms with Crippen LogP contribution < -0.4 is 0 Å². The average molecular weight is 771 g/mol. The van der Waals surface area contributed by atoms with Crippen molar-refractivity contribution in [2.24, 2.45) is 34.5 Å². The first-order chi connectivity index (χ1) is 26.2. The number of ether oxygens (including phenoxy) is 2. The number of rotatable bonds is 22. The molecule has 8 nitrogen and oxygen atoms in total. The van der Waals surface area contributed by atoms with Gasteiger partial charge in [0.25, 0.3) is 0 Å². The molecule has 0 radical (unpaired) electrons. The van der Waals surface area contributed by atoms with Crippen LogP contribution in [0.2, 0.25) is 0 Å². The lowest BCUT2D eigenvalue weighted by molar-refractivity contribution is -0.133. The first kappa shape index (κ1) is 46.2. The molecule has 306 valence electrons. The fraction of sp³-hybridized carbons (Fsp3) is 0.542. The lowest BCUT2D eigenvalue weighted by atomic mass is 9.77. The van der Waals surface area contributed by atoms with Crippen molar-refractivity contribution in [1.29, 1.82) is 0 Å². The molecule has 0 saturated heterocycles. The molecule has 56 heavy (non-hydrogen) atoms. The monoisotopic (exact) mass is 770 g/mol. The Balaban J connectivity index is 1.83. The molecule has 0 saturated carbocycles. The maximum absolute atomic E-state index is 14.0. The molecule has 0 amide bonds. The molecule has 0 bridgehead atoms. The van der Waals surface area contributed by atoms with E-state index in [2.05, 4.69) is 27.7 Å². The second-order valence-corrected chi connectivity index (χ2v) is 18.2. The summed E-state index contributed by atoms with van der Waals surface area (Å²) >= 11 is 0. The van der Waals surface area contributed by atoms with E-state index in [1.807, 2.05) is 88.4 Å². The molecule has 0 spiro atoms. The summed E-state index contributed by atoms with van der Waals surface area (Å²) < 4.78 is 12.2. The second-order valence-electron chi connectivity index (χ2n) is 18.2. The predicted molar refractivity (Wildman–Crippen MR) is 221 cm³/mol. The van der Waals surface area contributed by atoms with Crippen LogP contribution in [0.5, 0.6) is 0 Å². The number of esters is 2. The lowest BCUT2D eigenvalue weighted by Crippen LogP contribution is -2.33. The number of Topliss-reactive ketones (excluding diaryl/α,β-unsaturated/α-hetero) is 2. The Labute approximate surface area is 335 Å². The zero-order valence-electron chi connectivity index (χ0n) is 35.3. The maximum atomic E-state index is 14.0. The summed E-state index contributed by atoms with van der Waals surface area (Å²) in [6.07, 6.45) is -1.36. The minimum atomic E-state index is -1.16. The van der Waals surface area contributed by atoms with Crippen molar-refractivity contribution in [3.63, 3.8) is 0 Å². The SMILES string of the molecule is CC(C)CC(C)(C)CC(O)C(=O)C(C)CC(OC(=O)c1ccccc1C(=O)OC(CC(C)C(=O)C(O)CC(C)(C)CC(C)C)c1ccccc1)c1ccccc1. The predicted octanol–water partition coefficient (Wildman–Crippen LogP) is 10.3. The number of carbonyl (C=O) groups excluding carboxylic acids is 4. The van der Waals surface area contributed by atoms with Gasteiger partial charge in [0, 0.05) is 11.8 Å². The van der Waals surface area contributed by atoms with Crippen molar-refractivity contribution in [1.82, 2.24) is 0 Å². The van der Waals surface area contributed by atoms with Gasteiger partial charge in [-0.25, -0.2) is 9.59 Å². The Bertz CT molecular complexity index is 1580. The number of hydrogen-bond donors (Lipinski definition) is 2. The molecular weight excluding hydrogens is 705 g/mol. The topological polar surface area (TPSA) is 127 Å². The fourth-order valence-corrected chi connectivity index (χ4v) is 8.22. The highest BCUT2D eigenvalue weighted by atomic mass is 16.6. The van der Waals surface area contributed by atoms with Crippen LogP contribution in [0, 0.1) is 34.5 Å². The van der Waals surface area contributed by atoms with Gasteiger partial charge in [-0.05, 0) is 84.5 Å². The molecule has 8 heteroatoms. The van der Waals surface area contributed by atoms with E-state index in [0.717, 1.165) is 12.8 Å². The minimum absolute atomic E-state index is 0.00776. The molecule has 0 fully saturated rings. The van der Waals surface area contributed by atoms with E-state index >= 15 is 0 Å². The van der Waals surface area contributed by atoms with Crippen molar-refractivity contribution in [3.05, 3.63) is 107 Å². The summed E-state index contributed by atoms with van der Waals surface area (Å²) in [5.41, 5.74) is 0.870. The van der Waals surface area contributed by atoms with Crippen LogP contribution in [0.3, 0.4) is 0 Å². The van der Waals surface area contributed by atoms with Gasteiger partial charge in [0.2, 0.25) is 0 Å². The van der Waals surface area contributed by atoms with E-state index in [1.165, 1.54) is 12.1 Å². The molecule has 6 unspecified atom stereocenters. The van der Waals surface area contributed by atoms with E-state index in [0.29, 0.717) is 35.8 Å². The van der Waals surface area contributed by atoms with Crippen LogP contribution in [0.4, 0.5) is 0 Å². The molecule has 0 aromatic heterocycles. The second kappa shape index (κ2) is 20.9. The van der Waals surface area contributed by atoms with Gasteiger partial charge in [-0.1, -0.05) is 142 Å². The van der Waals surface area contributed by atoms with Crippen LogP contribution in [0.15, 0.2) is 84.9 Å². The van der Waals surface area contributed by atoms with Gasteiger partial charge in [-0.3, -0.25) is 9.59 Å². The molecule has 0 aliphatic carbocycles. The first-order valence-electron chi connectivity index (χ1n) is 20.2. The number of benzene rings is 3. The van der Waals surface area contributed by atoms with Crippen LogP contribution >= 0.6 is 0 Å². The molecule has 3 aromatic rings. The van der Waals surface area contributed by atoms with Gasteiger partial charge in [0.15, 0.2) is 11.6 Å². The molecule has 3 aromatic carbocycles. The zero-order valence-corrected chi connectivity index (χ0v) is 35.3. The van der Waals surface area contributed by atoms with Crippen LogP contribution in [-0.4, -0.2) is 45.9 Å². The first-order valence-corrected chi connectivity index (χ1v) is 20.2.